The number of furan rings is 1. The van der Waals surface area contributed by atoms with Crippen molar-refractivity contribution in [1.29, 1.82) is 0 Å². The highest BCUT2D eigenvalue weighted by atomic mass is 16.3. The van der Waals surface area contributed by atoms with E-state index in [9.17, 15) is 0 Å². The minimum atomic E-state index is 0.833. The van der Waals surface area contributed by atoms with Crippen LogP contribution in [0.15, 0.2) is 82.2 Å². The van der Waals surface area contributed by atoms with Gasteiger partial charge in [0.1, 0.15) is 11.3 Å². The minimum absolute atomic E-state index is 0.833. The first kappa shape index (κ1) is 15.4. The minimum Gasteiger partial charge on any atom is -0.454 e. The Morgan fingerprint density at radius 2 is 1.64 bits per heavy atom. The Morgan fingerprint density at radius 3 is 2.44 bits per heavy atom. The summed E-state index contributed by atoms with van der Waals surface area (Å²) in [7, 11) is 0. The van der Waals surface area contributed by atoms with Crippen LogP contribution in [-0.4, -0.2) is 6.21 Å². The largest absolute Gasteiger partial charge is 0.454 e. The van der Waals surface area contributed by atoms with Crippen molar-refractivity contribution < 1.29 is 4.42 Å². The fourth-order valence-corrected chi connectivity index (χ4v) is 3.03. The van der Waals surface area contributed by atoms with Crippen LogP contribution in [0.2, 0.25) is 0 Å². The number of hydrogen-bond donors (Lipinski definition) is 0. The standard InChI is InChI=1S/C23H19NO/c1-3-17(18-13-11-16(2)12-14-18)15-24-21-9-6-8-20-19-7-4-5-10-22(19)25-23(20)21/h3-15H,1-2H3/b17-3+,24-15?. The Bertz CT molecular complexity index is 1100. The van der Waals surface area contributed by atoms with E-state index in [-0.39, 0.29) is 0 Å². The van der Waals surface area contributed by atoms with E-state index in [1.807, 2.05) is 43.5 Å². The van der Waals surface area contributed by atoms with Gasteiger partial charge in [0.2, 0.25) is 0 Å². The van der Waals surface area contributed by atoms with Crippen LogP contribution in [0.1, 0.15) is 18.1 Å². The normalized spacial score (nSPS) is 12.5. The Hall–Kier alpha value is -3.13. The lowest BCUT2D eigenvalue weighted by atomic mass is 10.1. The van der Waals surface area contributed by atoms with Crippen LogP contribution in [0.25, 0.3) is 27.5 Å². The summed E-state index contributed by atoms with van der Waals surface area (Å²) in [6, 6.07) is 22.7. The number of aliphatic imine (C=N–C) groups is 1. The summed E-state index contributed by atoms with van der Waals surface area (Å²) in [5.41, 5.74) is 6.08. The van der Waals surface area contributed by atoms with Gasteiger partial charge in [-0.15, -0.1) is 0 Å². The lowest BCUT2D eigenvalue weighted by molar-refractivity contribution is 0.669. The average molecular weight is 325 g/mol. The molecule has 2 heteroatoms. The third-order valence-electron chi connectivity index (χ3n) is 4.42. The lowest BCUT2D eigenvalue weighted by Crippen LogP contribution is -1.86. The van der Waals surface area contributed by atoms with Gasteiger partial charge in [-0.2, -0.15) is 0 Å². The Kier molecular flexibility index (Phi) is 3.95. The van der Waals surface area contributed by atoms with Gasteiger partial charge in [0, 0.05) is 17.0 Å². The van der Waals surface area contributed by atoms with Crippen LogP contribution in [0.4, 0.5) is 5.69 Å². The van der Waals surface area contributed by atoms with E-state index in [4.69, 9.17) is 9.41 Å². The zero-order valence-electron chi connectivity index (χ0n) is 14.4. The molecule has 2 nitrogen and oxygen atoms in total. The van der Waals surface area contributed by atoms with Crippen LogP contribution in [0.5, 0.6) is 0 Å². The number of fused-ring (bicyclic) bond motifs is 3. The highest BCUT2D eigenvalue weighted by Gasteiger charge is 2.09. The van der Waals surface area contributed by atoms with E-state index in [1.54, 1.807) is 0 Å². The maximum absolute atomic E-state index is 6.04. The molecule has 0 atom stereocenters. The molecule has 0 saturated heterocycles. The smallest absolute Gasteiger partial charge is 0.160 e. The summed E-state index contributed by atoms with van der Waals surface area (Å²) < 4.78 is 6.04. The third-order valence-corrected chi connectivity index (χ3v) is 4.42. The lowest BCUT2D eigenvalue weighted by Gasteiger charge is -2.02. The van der Waals surface area contributed by atoms with Crippen molar-refractivity contribution in [2.75, 3.05) is 0 Å². The number of aryl methyl sites for hydroxylation is 1. The molecule has 4 rings (SSSR count). The van der Waals surface area contributed by atoms with Crippen LogP contribution < -0.4 is 0 Å². The molecule has 4 aromatic rings. The van der Waals surface area contributed by atoms with E-state index in [1.165, 1.54) is 5.56 Å². The van der Waals surface area contributed by atoms with Crippen molar-refractivity contribution in [2.45, 2.75) is 13.8 Å². The number of rotatable bonds is 3. The second-order valence-electron chi connectivity index (χ2n) is 6.12. The zero-order chi connectivity index (χ0) is 17.2. The number of benzene rings is 3. The first-order valence-corrected chi connectivity index (χ1v) is 8.44. The second-order valence-corrected chi connectivity index (χ2v) is 6.12. The maximum atomic E-state index is 6.04. The highest BCUT2D eigenvalue weighted by molar-refractivity contribution is 6.13. The Labute approximate surface area is 147 Å². The van der Waals surface area contributed by atoms with Gasteiger partial charge >= 0.3 is 0 Å². The van der Waals surface area contributed by atoms with E-state index in [0.29, 0.717) is 0 Å². The third kappa shape index (κ3) is 2.87. The van der Waals surface area contributed by atoms with Crippen molar-refractivity contribution in [3.63, 3.8) is 0 Å². The number of para-hydroxylation sites is 2. The molecule has 0 spiro atoms. The Morgan fingerprint density at radius 1 is 0.880 bits per heavy atom. The van der Waals surface area contributed by atoms with E-state index >= 15 is 0 Å². The molecule has 0 saturated carbocycles. The van der Waals surface area contributed by atoms with Gasteiger partial charge in [-0.3, -0.25) is 4.99 Å². The first-order chi connectivity index (χ1) is 12.3. The summed E-state index contributed by atoms with van der Waals surface area (Å²) in [5.74, 6) is 0. The summed E-state index contributed by atoms with van der Waals surface area (Å²) in [6.07, 6.45) is 3.99. The topological polar surface area (TPSA) is 25.5 Å². The average Bonchev–Trinajstić information content (AvgIpc) is 3.03. The highest BCUT2D eigenvalue weighted by Crippen LogP contribution is 2.34. The van der Waals surface area contributed by atoms with Gasteiger partial charge in [-0.05, 0) is 37.1 Å². The molecule has 0 aliphatic carbocycles. The molecule has 1 aromatic heterocycles. The Balaban J connectivity index is 1.77. The van der Waals surface area contributed by atoms with Crippen LogP contribution >= 0.6 is 0 Å². The van der Waals surface area contributed by atoms with Crippen molar-refractivity contribution in [3.8, 4) is 0 Å². The van der Waals surface area contributed by atoms with Gasteiger partial charge in [0.15, 0.2) is 5.58 Å². The molecular weight excluding hydrogens is 306 g/mol. The molecule has 3 aromatic carbocycles. The van der Waals surface area contributed by atoms with Crippen LogP contribution in [0.3, 0.4) is 0 Å². The predicted octanol–water partition coefficient (Wildman–Crippen LogP) is 6.70. The summed E-state index contributed by atoms with van der Waals surface area (Å²) in [4.78, 5) is 4.71. The molecule has 0 bridgehead atoms. The van der Waals surface area contributed by atoms with Crippen molar-refractivity contribution in [3.05, 3.63) is 83.9 Å². The monoisotopic (exact) mass is 325 g/mol. The van der Waals surface area contributed by atoms with E-state index in [2.05, 4.69) is 49.4 Å². The SMILES string of the molecule is C/C=C(\C=Nc1cccc2c1oc1ccccc12)c1ccc(C)cc1. The summed E-state index contributed by atoms with van der Waals surface area (Å²) in [6.45, 7) is 4.12. The van der Waals surface area contributed by atoms with Gasteiger partial charge in [-0.1, -0.05) is 66.2 Å². The quantitative estimate of drug-likeness (QED) is 0.385. The first-order valence-electron chi connectivity index (χ1n) is 8.44. The van der Waals surface area contributed by atoms with Crippen LogP contribution in [0, 0.1) is 6.92 Å². The van der Waals surface area contributed by atoms with Gasteiger partial charge < -0.3 is 4.42 Å². The van der Waals surface area contributed by atoms with Crippen molar-refractivity contribution in [2.24, 2.45) is 4.99 Å². The zero-order valence-corrected chi connectivity index (χ0v) is 14.4. The summed E-state index contributed by atoms with van der Waals surface area (Å²) >= 11 is 0. The van der Waals surface area contributed by atoms with Gasteiger partial charge in [-0.25, -0.2) is 0 Å². The van der Waals surface area contributed by atoms with Crippen LogP contribution in [-0.2, 0) is 0 Å². The molecule has 0 unspecified atom stereocenters. The molecule has 0 aliphatic heterocycles. The molecule has 1 heterocycles. The predicted molar refractivity (Wildman–Crippen MR) is 107 cm³/mol. The molecule has 0 fully saturated rings. The maximum Gasteiger partial charge on any atom is 0.160 e. The fraction of sp³-hybridized carbons (Fsp3) is 0.0870. The molecule has 122 valence electrons. The van der Waals surface area contributed by atoms with E-state index < -0.39 is 0 Å². The van der Waals surface area contributed by atoms with E-state index in [0.717, 1.165) is 38.8 Å². The second kappa shape index (κ2) is 6.40. The van der Waals surface area contributed by atoms with Gasteiger partial charge in [0.25, 0.3) is 0 Å². The molecule has 0 amide bonds. The number of allylic oxidation sites excluding steroid dienone is 2. The number of hydrogen-bond acceptors (Lipinski definition) is 2. The molecule has 0 aliphatic rings. The van der Waals surface area contributed by atoms with Crippen molar-refractivity contribution >= 4 is 39.4 Å². The fourth-order valence-electron chi connectivity index (χ4n) is 3.03. The van der Waals surface area contributed by atoms with Crippen molar-refractivity contribution in [1.82, 2.24) is 0 Å². The molecule has 0 radical (unpaired) electrons. The molecule has 0 N–H and O–H groups in total. The number of nitrogens with zero attached hydrogens (tertiary/aromatic N) is 1. The molecular formula is C23H19NO. The summed E-state index contributed by atoms with van der Waals surface area (Å²) in [5, 5.41) is 2.22. The van der Waals surface area contributed by atoms with Gasteiger partial charge in [0.05, 0.1) is 0 Å². The molecule has 25 heavy (non-hydrogen) atoms.